The molecule has 1 amide bonds. The summed E-state index contributed by atoms with van der Waals surface area (Å²) in [7, 11) is 3.24. The second kappa shape index (κ2) is 9.48. The Morgan fingerprint density at radius 3 is 2.60 bits per heavy atom. The zero-order chi connectivity index (χ0) is 18.1. The van der Waals surface area contributed by atoms with E-state index in [0.29, 0.717) is 24.4 Å². The van der Waals surface area contributed by atoms with Crippen molar-refractivity contribution in [3.63, 3.8) is 0 Å². The van der Waals surface area contributed by atoms with Gasteiger partial charge in [-0.3, -0.25) is 4.79 Å². The molecule has 0 fully saturated rings. The minimum atomic E-state index is -0.113. The van der Waals surface area contributed by atoms with Crippen LogP contribution in [0.2, 0.25) is 0 Å². The van der Waals surface area contributed by atoms with Crippen molar-refractivity contribution in [1.29, 1.82) is 0 Å². The molecule has 0 saturated heterocycles. The molecule has 0 spiro atoms. The smallest absolute Gasteiger partial charge is 0.225 e. The SMILES string of the molecule is COc1ccc(CCNc2ccc(NC(=O)CCN)cn2)cc1OC. The van der Waals surface area contributed by atoms with Gasteiger partial charge in [-0.25, -0.2) is 4.98 Å². The van der Waals surface area contributed by atoms with Crippen molar-refractivity contribution < 1.29 is 14.3 Å². The molecule has 7 nitrogen and oxygen atoms in total. The first-order valence-electron chi connectivity index (χ1n) is 8.07. The van der Waals surface area contributed by atoms with Crippen LogP contribution in [0.3, 0.4) is 0 Å². The summed E-state index contributed by atoms with van der Waals surface area (Å²) < 4.78 is 10.5. The Labute approximate surface area is 147 Å². The standard InChI is InChI=1S/C18H24N4O3/c1-24-15-5-3-13(11-16(15)25-2)8-10-20-17-6-4-14(12-21-17)22-18(23)7-9-19/h3-6,11-12H,7-10,19H2,1-2H3,(H,20,21)(H,22,23). The number of hydrogen-bond donors (Lipinski definition) is 3. The Hall–Kier alpha value is -2.80. The number of aromatic nitrogens is 1. The van der Waals surface area contributed by atoms with E-state index in [1.54, 1.807) is 26.5 Å². The van der Waals surface area contributed by atoms with E-state index in [0.717, 1.165) is 30.1 Å². The number of nitrogens with zero attached hydrogens (tertiary/aromatic N) is 1. The lowest BCUT2D eigenvalue weighted by molar-refractivity contribution is -0.116. The lowest BCUT2D eigenvalue weighted by Gasteiger charge is -2.10. The van der Waals surface area contributed by atoms with Crippen LogP contribution < -0.4 is 25.8 Å². The van der Waals surface area contributed by atoms with Gasteiger partial charge in [0.2, 0.25) is 5.91 Å². The fraction of sp³-hybridized carbons (Fsp3) is 0.333. The highest BCUT2D eigenvalue weighted by Gasteiger charge is 2.05. The molecule has 0 aliphatic rings. The number of methoxy groups -OCH3 is 2. The molecule has 2 rings (SSSR count). The van der Waals surface area contributed by atoms with Gasteiger partial charge in [0.15, 0.2) is 11.5 Å². The summed E-state index contributed by atoms with van der Waals surface area (Å²) in [6, 6.07) is 9.49. The average Bonchev–Trinajstić information content (AvgIpc) is 2.63. The van der Waals surface area contributed by atoms with Crippen LogP contribution in [0, 0.1) is 0 Å². The summed E-state index contributed by atoms with van der Waals surface area (Å²) >= 11 is 0. The molecule has 0 radical (unpaired) electrons. The van der Waals surface area contributed by atoms with E-state index in [1.165, 1.54) is 0 Å². The highest BCUT2D eigenvalue weighted by atomic mass is 16.5. The van der Waals surface area contributed by atoms with Crippen LogP contribution in [0.5, 0.6) is 11.5 Å². The van der Waals surface area contributed by atoms with E-state index in [1.807, 2.05) is 24.3 Å². The Morgan fingerprint density at radius 2 is 1.96 bits per heavy atom. The molecule has 0 bridgehead atoms. The largest absolute Gasteiger partial charge is 0.493 e. The molecule has 0 saturated carbocycles. The molecule has 0 aliphatic heterocycles. The molecule has 7 heteroatoms. The third-order valence-corrected chi connectivity index (χ3v) is 3.59. The number of ether oxygens (including phenoxy) is 2. The van der Waals surface area contributed by atoms with Gasteiger partial charge in [-0.1, -0.05) is 6.07 Å². The molecule has 1 aromatic carbocycles. The van der Waals surface area contributed by atoms with Gasteiger partial charge in [-0.2, -0.15) is 0 Å². The van der Waals surface area contributed by atoms with E-state index in [-0.39, 0.29) is 5.91 Å². The zero-order valence-corrected chi connectivity index (χ0v) is 14.5. The maximum Gasteiger partial charge on any atom is 0.225 e. The number of hydrogen-bond acceptors (Lipinski definition) is 6. The quantitative estimate of drug-likeness (QED) is 0.644. The van der Waals surface area contributed by atoms with Crippen LogP contribution >= 0.6 is 0 Å². The molecule has 0 unspecified atom stereocenters. The molecule has 4 N–H and O–H groups in total. The van der Waals surface area contributed by atoms with Crippen molar-refractivity contribution in [3.05, 3.63) is 42.1 Å². The van der Waals surface area contributed by atoms with Crippen molar-refractivity contribution >= 4 is 17.4 Å². The number of amides is 1. The maximum atomic E-state index is 11.5. The number of carbonyl (C=O) groups is 1. The summed E-state index contributed by atoms with van der Waals surface area (Å²) in [5.41, 5.74) is 7.13. The molecule has 1 heterocycles. The predicted molar refractivity (Wildman–Crippen MR) is 98.3 cm³/mol. The van der Waals surface area contributed by atoms with Crippen molar-refractivity contribution in [2.75, 3.05) is 37.9 Å². The molecule has 0 atom stereocenters. The molecule has 134 valence electrons. The Morgan fingerprint density at radius 1 is 1.16 bits per heavy atom. The van der Waals surface area contributed by atoms with Gasteiger partial charge in [0.25, 0.3) is 0 Å². The third-order valence-electron chi connectivity index (χ3n) is 3.59. The molecule has 25 heavy (non-hydrogen) atoms. The van der Waals surface area contributed by atoms with Crippen molar-refractivity contribution in [2.24, 2.45) is 5.73 Å². The number of nitrogens with one attached hydrogen (secondary N) is 2. The van der Waals surface area contributed by atoms with Gasteiger partial charge >= 0.3 is 0 Å². The third kappa shape index (κ3) is 5.65. The summed E-state index contributed by atoms with van der Waals surface area (Å²) in [6.45, 7) is 1.05. The Kier molecular flexibility index (Phi) is 7.03. The fourth-order valence-electron chi connectivity index (χ4n) is 2.30. The van der Waals surface area contributed by atoms with E-state index in [9.17, 15) is 4.79 Å². The number of nitrogens with two attached hydrogens (primary N) is 1. The van der Waals surface area contributed by atoms with Gasteiger partial charge in [-0.15, -0.1) is 0 Å². The van der Waals surface area contributed by atoms with Crippen molar-refractivity contribution in [1.82, 2.24) is 4.98 Å². The Balaban J connectivity index is 1.84. The van der Waals surface area contributed by atoms with Gasteiger partial charge in [0, 0.05) is 19.5 Å². The number of benzene rings is 1. The normalized spacial score (nSPS) is 10.2. The first-order valence-corrected chi connectivity index (χ1v) is 8.07. The lowest BCUT2D eigenvalue weighted by atomic mass is 10.1. The van der Waals surface area contributed by atoms with Gasteiger partial charge in [-0.05, 0) is 36.2 Å². The zero-order valence-electron chi connectivity index (χ0n) is 14.5. The first kappa shape index (κ1) is 18.5. The number of carbonyl (C=O) groups excluding carboxylic acids is 1. The van der Waals surface area contributed by atoms with Crippen LogP contribution in [0.25, 0.3) is 0 Å². The summed E-state index contributed by atoms with van der Waals surface area (Å²) in [4.78, 5) is 15.8. The predicted octanol–water partition coefficient (Wildman–Crippen LogP) is 2.04. The van der Waals surface area contributed by atoms with Crippen molar-refractivity contribution in [2.45, 2.75) is 12.8 Å². The lowest BCUT2D eigenvalue weighted by Crippen LogP contribution is -2.16. The van der Waals surface area contributed by atoms with Crippen LogP contribution in [-0.4, -0.2) is 38.2 Å². The minimum Gasteiger partial charge on any atom is -0.493 e. The first-order chi connectivity index (χ1) is 12.2. The van der Waals surface area contributed by atoms with E-state index in [2.05, 4.69) is 15.6 Å². The number of rotatable bonds is 9. The summed E-state index contributed by atoms with van der Waals surface area (Å²) in [5.74, 6) is 2.07. The molecule has 1 aromatic heterocycles. The highest BCUT2D eigenvalue weighted by molar-refractivity contribution is 5.90. The van der Waals surface area contributed by atoms with E-state index >= 15 is 0 Å². The summed E-state index contributed by atoms with van der Waals surface area (Å²) in [6.07, 6.45) is 2.73. The molecule has 2 aromatic rings. The number of anilines is 2. The highest BCUT2D eigenvalue weighted by Crippen LogP contribution is 2.27. The van der Waals surface area contributed by atoms with Gasteiger partial charge in [0.1, 0.15) is 5.82 Å². The van der Waals surface area contributed by atoms with Crippen LogP contribution in [0.1, 0.15) is 12.0 Å². The topological polar surface area (TPSA) is 98.5 Å². The molecular weight excluding hydrogens is 320 g/mol. The second-order valence-corrected chi connectivity index (χ2v) is 5.39. The van der Waals surface area contributed by atoms with Gasteiger partial charge < -0.3 is 25.8 Å². The van der Waals surface area contributed by atoms with Crippen LogP contribution in [0.15, 0.2) is 36.5 Å². The minimum absolute atomic E-state index is 0.113. The van der Waals surface area contributed by atoms with Crippen molar-refractivity contribution in [3.8, 4) is 11.5 Å². The fourth-order valence-corrected chi connectivity index (χ4v) is 2.30. The summed E-state index contributed by atoms with van der Waals surface area (Å²) in [5, 5.41) is 5.99. The van der Waals surface area contributed by atoms with Gasteiger partial charge in [0.05, 0.1) is 26.1 Å². The van der Waals surface area contributed by atoms with Crippen LogP contribution in [-0.2, 0) is 11.2 Å². The maximum absolute atomic E-state index is 11.5. The molecular formula is C18H24N4O3. The van der Waals surface area contributed by atoms with E-state index < -0.39 is 0 Å². The monoisotopic (exact) mass is 344 g/mol. The van der Waals surface area contributed by atoms with Crippen LogP contribution in [0.4, 0.5) is 11.5 Å². The Bertz CT molecular complexity index is 689. The van der Waals surface area contributed by atoms with E-state index in [4.69, 9.17) is 15.2 Å². The molecule has 0 aliphatic carbocycles. The second-order valence-electron chi connectivity index (χ2n) is 5.39. The average molecular weight is 344 g/mol. The number of pyridine rings is 1.